The van der Waals surface area contributed by atoms with Crippen LogP contribution in [0, 0.1) is 11.8 Å². The Bertz CT molecular complexity index is 553. The zero-order valence-corrected chi connectivity index (χ0v) is 13.8. The summed E-state index contributed by atoms with van der Waals surface area (Å²) in [4.78, 5) is 0.302. The Labute approximate surface area is 127 Å². The van der Waals surface area contributed by atoms with Crippen LogP contribution in [0.2, 0.25) is 0 Å². The molecule has 118 valence electrons. The molecule has 2 rings (SSSR count). The minimum Gasteiger partial charge on any atom is -0.494 e. The Morgan fingerprint density at radius 3 is 2.48 bits per heavy atom. The van der Waals surface area contributed by atoms with Crippen LogP contribution in [-0.4, -0.2) is 21.1 Å². The van der Waals surface area contributed by atoms with Crippen LogP contribution in [0.1, 0.15) is 40.0 Å². The average Bonchev–Trinajstić information content (AvgIpc) is 2.45. The molecule has 1 N–H and O–H groups in total. The molecule has 1 fully saturated rings. The number of benzene rings is 1. The molecule has 0 bridgehead atoms. The van der Waals surface area contributed by atoms with Gasteiger partial charge in [-0.1, -0.05) is 26.7 Å². The quantitative estimate of drug-likeness (QED) is 0.908. The van der Waals surface area contributed by atoms with Gasteiger partial charge in [-0.05, 0) is 49.4 Å². The normalized spacial score (nSPS) is 26.5. The summed E-state index contributed by atoms with van der Waals surface area (Å²) in [5.41, 5.74) is 0. The Kier molecular flexibility index (Phi) is 5.27. The van der Waals surface area contributed by atoms with Crippen LogP contribution in [0.4, 0.5) is 0 Å². The molecule has 21 heavy (non-hydrogen) atoms. The van der Waals surface area contributed by atoms with Crippen molar-refractivity contribution in [3.05, 3.63) is 24.3 Å². The molecule has 0 saturated heterocycles. The smallest absolute Gasteiger partial charge is 0.240 e. The number of rotatable bonds is 5. The number of ether oxygens (including phenoxy) is 1. The van der Waals surface area contributed by atoms with Gasteiger partial charge in [-0.3, -0.25) is 0 Å². The molecule has 0 aliphatic heterocycles. The van der Waals surface area contributed by atoms with E-state index in [-0.39, 0.29) is 6.04 Å². The van der Waals surface area contributed by atoms with E-state index in [0.717, 1.165) is 12.8 Å². The maximum Gasteiger partial charge on any atom is 0.240 e. The van der Waals surface area contributed by atoms with Crippen LogP contribution in [0.15, 0.2) is 29.2 Å². The summed E-state index contributed by atoms with van der Waals surface area (Å²) in [7, 11) is -3.45. The predicted molar refractivity (Wildman–Crippen MR) is 83.9 cm³/mol. The molecular weight excluding hydrogens is 286 g/mol. The van der Waals surface area contributed by atoms with E-state index in [9.17, 15) is 8.42 Å². The van der Waals surface area contributed by atoms with Crippen molar-refractivity contribution < 1.29 is 13.2 Å². The highest BCUT2D eigenvalue weighted by atomic mass is 32.2. The molecule has 1 saturated carbocycles. The molecule has 5 heteroatoms. The minimum atomic E-state index is -3.45. The average molecular weight is 311 g/mol. The molecule has 1 aromatic carbocycles. The first kappa shape index (κ1) is 16.3. The van der Waals surface area contributed by atoms with Gasteiger partial charge >= 0.3 is 0 Å². The third kappa shape index (κ3) is 3.98. The number of hydrogen-bond acceptors (Lipinski definition) is 3. The molecule has 1 aromatic rings. The third-order valence-electron chi connectivity index (χ3n) is 4.46. The molecule has 0 aromatic heterocycles. The van der Waals surface area contributed by atoms with E-state index in [2.05, 4.69) is 18.6 Å². The number of hydrogen-bond donors (Lipinski definition) is 1. The van der Waals surface area contributed by atoms with E-state index < -0.39 is 10.0 Å². The monoisotopic (exact) mass is 311 g/mol. The van der Waals surface area contributed by atoms with Gasteiger partial charge in [-0.25, -0.2) is 13.1 Å². The van der Waals surface area contributed by atoms with Gasteiger partial charge in [0.2, 0.25) is 10.0 Å². The van der Waals surface area contributed by atoms with Gasteiger partial charge in [-0.15, -0.1) is 0 Å². The molecular formula is C16H25NO3S. The van der Waals surface area contributed by atoms with E-state index in [1.165, 1.54) is 6.42 Å². The van der Waals surface area contributed by atoms with Gasteiger partial charge < -0.3 is 4.74 Å². The first-order valence-electron chi connectivity index (χ1n) is 7.69. The van der Waals surface area contributed by atoms with Crippen molar-refractivity contribution in [3.63, 3.8) is 0 Å². The Balaban J connectivity index is 2.10. The number of nitrogens with one attached hydrogen (secondary N) is 1. The van der Waals surface area contributed by atoms with Gasteiger partial charge in [0.25, 0.3) is 0 Å². The summed E-state index contributed by atoms with van der Waals surface area (Å²) in [6.45, 7) is 6.80. The lowest BCUT2D eigenvalue weighted by Gasteiger charge is -2.34. The molecule has 0 amide bonds. The molecule has 4 nitrogen and oxygen atoms in total. The van der Waals surface area contributed by atoms with Crippen LogP contribution in [0.3, 0.4) is 0 Å². The SMILES string of the molecule is CCOc1ccc(S(=O)(=O)N[C@@H]2CCC[C@H](C)[C@@H]2C)cc1. The number of sulfonamides is 1. The molecule has 1 aliphatic carbocycles. The third-order valence-corrected chi connectivity index (χ3v) is 5.96. The van der Waals surface area contributed by atoms with Crippen molar-refractivity contribution in [1.29, 1.82) is 0 Å². The first-order chi connectivity index (χ1) is 9.94. The first-order valence-corrected chi connectivity index (χ1v) is 9.17. The van der Waals surface area contributed by atoms with Gasteiger partial charge in [-0.2, -0.15) is 0 Å². The van der Waals surface area contributed by atoms with Crippen LogP contribution in [-0.2, 0) is 10.0 Å². The van der Waals surface area contributed by atoms with Crippen LogP contribution >= 0.6 is 0 Å². The van der Waals surface area contributed by atoms with E-state index in [4.69, 9.17) is 4.74 Å². The Morgan fingerprint density at radius 2 is 1.86 bits per heavy atom. The summed E-state index contributed by atoms with van der Waals surface area (Å²) < 4.78 is 33.2. The Hall–Kier alpha value is -1.07. The van der Waals surface area contributed by atoms with Crippen molar-refractivity contribution in [2.45, 2.75) is 51.0 Å². The highest BCUT2D eigenvalue weighted by molar-refractivity contribution is 7.89. The molecule has 0 spiro atoms. The minimum absolute atomic E-state index is 0.0327. The Morgan fingerprint density at radius 1 is 1.19 bits per heavy atom. The lowest BCUT2D eigenvalue weighted by atomic mass is 9.78. The van der Waals surface area contributed by atoms with Gasteiger partial charge in [0, 0.05) is 6.04 Å². The van der Waals surface area contributed by atoms with Crippen LogP contribution < -0.4 is 9.46 Å². The van der Waals surface area contributed by atoms with Crippen molar-refractivity contribution in [3.8, 4) is 5.75 Å². The standard InChI is InChI=1S/C16H25NO3S/c1-4-20-14-8-10-15(11-9-14)21(18,19)17-16-7-5-6-12(2)13(16)3/h8-13,16-17H,4-7H2,1-3H3/t12-,13-,16+/m0/s1. The molecule has 3 atom stereocenters. The molecule has 0 radical (unpaired) electrons. The largest absolute Gasteiger partial charge is 0.494 e. The summed E-state index contributed by atoms with van der Waals surface area (Å²) in [5, 5.41) is 0. The van der Waals surface area contributed by atoms with Crippen LogP contribution in [0.25, 0.3) is 0 Å². The summed E-state index contributed by atoms with van der Waals surface area (Å²) in [6.07, 6.45) is 3.19. The zero-order valence-electron chi connectivity index (χ0n) is 13.0. The zero-order chi connectivity index (χ0) is 15.5. The van der Waals surface area contributed by atoms with Gasteiger partial charge in [0.05, 0.1) is 11.5 Å². The fraction of sp³-hybridized carbons (Fsp3) is 0.625. The second-order valence-electron chi connectivity index (χ2n) is 5.90. The fourth-order valence-electron chi connectivity index (χ4n) is 2.90. The lowest BCUT2D eigenvalue weighted by Crippen LogP contribution is -2.43. The second-order valence-corrected chi connectivity index (χ2v) is 7.61. The molecule has 0 heterocycles. The second kappa shape index (κ2) is 6.79. The van der Waals surface area contributed by atoms with Gasteiger partial charge in [0.15, 0.2) is 0 Å². The summed E-state index contributed by atoms with van der Waals surface area (Å²) >= 11 is 0. The highest BCUT2D eigenvalue weighted by Gasteiger charge is 2.30. The van der Waals surface area contributed by atoms with Crippen molar-refractivity contribution >= 4 is 10.0 Å². The van der Waals surface area contributed by atoms with E-state index in [0.29, 0.717) is 29.1 Å². The van der Waals surface area contributed by atoms with Crippen LogP contribution in [0.5, 0.6) is 5.75 Å². The van der Waals surface area contributed by atoms with Gasteiger partial charge in [0.1, 0.15) is 5.75 Å². The predicted octanol–water partition coefficient (Wildman–Crippen LogP) is 3.19. The molecule has 0 unspecified atom stereocenters. The maximum absolute atomic E-state index is 12.5. The van der Waals surface area contributed by atoms with E-state index in [1.54, 1.807) is 24.3 Å². The highest BCUT2D eigenvalue weighted by Crippen LogP contribution is 2.30. The lowest BCUT2D eigenvalue weighted by molar-refractivity contribution is 0.227. The van der Waals surface area contributed by atoms with E-state index >= 15 is 0 Å². The topological polar surface area (TPSA) is 55.4 Å². The molecule has 1 aliphatic rings. The summed E-state index contributed by atoms with van der Waals surface area (Å²) in [6, 6.07) is 6.63. The summed E-state index contributed by atoms with van der Waals surface area (Å²) in [5.74, 6) is 1.62. The van der Waals surface area contributed by atoms with E-state index in [1.807, 2.05) is 6.92 Å². The van der Waals surface area contributed by atoms with Crippen molar-refractivity contribution in [1.82, 2.24) is 4.72 Å². The van der Waals surface area contributed by atoms with Crippen molar-refractivity contribution in [2.24, 2.45) is 11.8 Å². The maximum atomic E-state index is 12.5. The van der Waals surface area contributed by atoms with Crippen molar-refractivity contribution in [2.75, 3.05) is 6.61 Å². The fourth-order valence-corrected chi connectivity index (χ4v) is 4.26.